The Morgan fingerprint density at radius 1 is 1.29 bits per heavy atom. The van der Waals surface area contributed by atoms with Crippen molar-refractivity contribution in [3.05, 3.63) is 34.9 Å². The molecule has 2 fully saturated rings. The van der Waals surface area contributed by atoms with Crippen LogP contribution < -0.4 is 16.4 Å². The smallest absolute Gasteiger partial charge is 0.255 e. The molecule has 7 heteroatoms. The van der Waals surface area contributed by atoms with Gasteiger partial charge in [0.1, 0.15) is 6.04 Å². The Hall–Kier alpha value is -2.25. The zero-order valence-corrected chi connectivity index (χ0v) is 16.3. The van der Waals surface area contributed by atoms with E-state index < -0.39 is 6.04 Å². The van der Waals surface area contributed by atoms with Crippen LogP contribution in [0.25, 0.3) is 0 Å². The predicted molar refractivity (Wildman–Crippen MR) is 104 cm³/mol. The number of imide groups is 1. The number of piperidine rings is 1. The topological polar surface area (TPSA) is 105 Å². The Morgan fingerprint density at radius 2 is 2.11 bits per heavy atom. The monoisotopic (exact) mass is 384 g/mol. The molecule has 2 aliphatic heterocycles. The second-order valence-corrected chi connectivity index (χ2v) is 8.61. The third kappa shape index (κ3) is 3.33. The number of nitrogens with zero attached hydrogens (tertiary/aromatic N) is 1. The summed E-state index contributed by atoms with van der Waals surface area (Å²) in [6.45, 7) is 4.06. The fourth-order valence-corrected chi connectivity index (χ4v) is 4.80. The van der Waals surface area contributed by atoms with Crippen molar-refractivity contribution in [2.24, 2.45) is 11.1 Å². The molecule has 7 nitrogen and oxygen atoms in total. The Balaban J connectivity index is 1.46. The van der Waals surface area contributed by atoms with Crippen LogP contribution in [0.2, 0.25) is 0 Å². The third-order valence-corrected chi connectivity index (χ3v) is 6.64. The first kappa shape index (κ1) is 19.1. The molecule has 0 bridgehead atoms. The molecule has 1 aliphatic carbocycles. The fourth-order valence-electron chi connectivity index (χ4n) is 4.80. The van der Waals surface area contributed by atoms with E-state index >= 15 is 0 Å². The average molecular weight is 384 g/mol. The summed E-state index contributed by atoms with van der Waals surface area (Å²) in [6, 6.07) is 5.51. The van der Waals surface area contributed by atoms with Crippen LogP contribution in [-0.4, -0.2) is 41.2 Å². The van der Waals surface area contributed by atoms with Gasteiger partial charge in [-0.2, -0.15) is 0 Å². The van der Waals surface area contributed by atoms with Gasteiger partial charge >= 0.3 is 0 Å². The number of hydrogen-bond donors (Lipinski definition) is 3. The number of rotatable bonds is 5. The van der Waals surface area contributed by atoms with Gasteiger partial charge in [0.25, 0.3) is 5.91 Å². The highest BCUT2D eigenvalue weighted by Crippen LogP contribution is 2.36. The summed E-state index contributed by atoms with van der Waals surface area (Å²) in [7, 11) is 0. The summed E-state index contributed by atoms with van der Waals surface area (Å²) in [5.41, 5.74) is 8.95. The lowest BCUT2D eigenvalue weighted by molar-refractivity contribution is -0.136. The first-order valence-corrected chi connectivity index (χ1v) is 10.1. The maximum absolute atomic E-state index is 13.1. The number of benzene rings is 1. The molecular weight excluding hydrogens is 356 g/mol. The molecule has 4 N–H and O–H groups in total. The molecule has 1 saturated heterocycles. The number of amides is 3. The molecule has 2 heterocycles. The molecule has 0 radical (unpaired) electrons. The number of carbonyl (C=O) groups excluding carboxylic acids is 3. The van der Waals surface area contributed by atoms with E-state index in [1.807, 2.05) is 18.2 Å². The maximum Gasteiger partial charge on any atom is 0.255 e. The van der Waals surface area contributed by atoms with Crippen molar-refractivity contribution in [1.82, 2.24) is 15.5 Å². The molecule has 150 valence electrons. The normalized spacial score (nSPS) is 29.9. The predicted octanol–water partition coefficient (Wildman–Crippen LogP) is 1.05. The van der Waals surface area contributed by atoms with E-state index in [1.54, 1.807) is 4.90 Å². The average Bonchev–Trinajstić information content (AvgIpc) is 3.16. The van der Waals surface area contributed by atoms with E-state index in [4.69, 9.17) is 5.73 Å². The molecule has 1 saturated carbocycles. The van der Waals surface area contributed by atoms with Crippen LogP contribution in [-0.2, 0) is 22.7 Å². The second kappa shape index (κ2) is 7.29. The van der Waals surface area contributed by atoms with Crippen molar-refractivity contribution < 1.29 is 14.4 Å². The molecule has 3 aliphatic rings. The van der Waals surface area contributed by atoms with Crippen molar-refractivity contribution in [2.75, 3.05) is 6.54 Å². The number of hydrogen-bond acceptors (Lipinski definition) is 5. The van der Waals surface area contributed by atoms with Gasteiger partial charge in [-0.15, -0.1) is 0 Å². The summed E-state index contributed by atoms with van der Waals surface area (Å²) < 4.78 is 0. The molecule has 28 heavy (non-hydrogen) atoms. The third-order valence-electron chi connectivity index (χ3n) is 6.64. The molecule has 1 unspecified atom stereocenters. The van der Waals surface area contributed by atoms with Gasteiger partial charge < -0.3 is 16.0 Å². The molecule has 1 aromatic carbocycles. The molecule has 4 rings (SSSR count). The van der Waals surface area contributed by atoms with E-state index in [1.165, 1.54) is 6.42 Å². The summed E-state index contributed by atoms with van der Waals surface area (Å²) in [5, 5.41) is 5.85. The van der Waals surface area contributed by atoms with Gasteiger partial charge in [-0.1, -0.05) is 31.5 Å². The summed E-state index contributed by atoms with van der Waals surface area (Å²) in [6.07, 6.45) is 4.01. The highest BCUT2D eigenvalue weighted by molar-refractivity contribution is 6.05. The molecule has 0 aromatic heterocycles. The fraction of sp³-hybridized carbons (Fsp3) is 0.571. The van der Waals surface area contributed by atoms with Gasteiger partial charge in [0, 0.05) is 37.7 Å². The Bertz CT molecular complexity index is 824. The van der Waals surface area contributed by atoms with Gasteiger partial charge in [0.05, 0.1) is 0 Å². The minimum Gasteiger partial charge on any atom is -0.327 e. The minimum absolute atomic E-state index is 0.0979. The Labute approximate surface area is 165 Å². The lowest BCUT2D eigenvalue weighted by atomic mass is 9.85. The number of nitrogens with two attached hydrogens (primary N) is 1. The molecule has 0 spiro atoms. The van der Waals surface area contributed by atoms with E-state index in [9.17, 15) is 14.4 Å². The SMILES string of the molecule is C[C@@]1(CNCc2cccc3c2C(=O)N(C2CCC(=O)NC2=O)C3)CCC[C@H]1N. The molecule has 3 atom stereocenters. The van der Waals surface area contributed by atoms with Crippen LogP contribution in [0.5, 0.6) is 0 Å². The van der Waals surface area contributed by atoms with Gasteiger partial charge in [0.2, 0.25) is 11.8 Å². The van der Waals surface area contributed by atoms with Crippen LogP contribution in [0.15, 0.2) is 18.2 Å². The number of nitrogens with one attached hydrogen (secondary N) is 2. The number of carbonyl (C=O) groups is 3. The van der Waals surface area contributed by atoms with Gasteiger partial charge in [0.15, 0.2) is 0 Å². The lowest BCUT2D eigenvalue weighted by Crippen LogP contribution is -2.52. The zero-order chi connectivity index (χ0) is 19.9. The van der Waals surface area contributed by atoms with Gasteiger partial charge in [-0.05, 0) is 35.8 Å². The second-order valence-electron chi connectivity index (χ2n) is 8.61. The van der Waals surface area contributed by atoms with Crippen LogP contribution >= 0.6 is 0 Å². The molecular formula is C21H28N4O3. The number of fused-ring (bicyclic) bond motifs is 1. The summed E-state index contributed by atoms with van der Waals surface area (Å²) in [5.74, 6) is -0.764. The van der Waals surface area contributed by atoms with E-state index in [2.05, 4.69) is 17.6 Å². The largest absolute Gasteiger partial charge is 0.327 e. The van der Waals surface area contributed by atoms with Crippen molar-refractivity contribution >= 4 is 17.7 Å². The van der Waals surface area contributed by atoms with E-state index in [-0.39, 0.29) is 35.6 Å². The Morgan fingerprint density at radius 3 is 2.82 bits per heavy atom. The zero-order valence-electron chi connectivity index (χ0n) is 16.3. The molecule has 1 aromatic rings. The first-order chi connectivity index (χ1) is 13.4. The van der Waals surface area contributed by atoms with Crippen molar-refractivity contribution in [3.63, 3.8) is 0 Å². The van der Waals surface area contributed by atoms with Gasteiger partial charge in [-0.3, -0.25) is 19.7 Å². The highest BCUT2D eigenvalue weighted by Gasteiger charge is 2.40. The van der Waals surface area contributed by atoms with Crippen LogP contribution in [0.4, 0.5) is 0 Å². The molecule has 3 amide bonds. The van der Waals surface area contributed by atoms with E-state index in [0.29, 0.717) is 25.1 Å². The van der Waals surface area contributed by atoms with Crippen molar-refractivity contribution in [1.29, 1.82) is 0 Å². The highest BCUT2D eigenvalue weighted by atomic mass is 16.2. The first-order valence-electron chi connectivity index (χ1n) is 10.1. The minimum atomic E-state index is -0.575. The summed E-state index contributed by atoms with van der Waals surface area (Å²) >= 11 is 0. The van der Waals surface area contributed by atoms with Crippen LogP contribution in [0.1, 0.15) is 60.5 Å². The standard InChI is InChI=1S/C21H28N4O3/c1-21(9-3-6-16(21)22)12-23-10-13-4-2-5-14-11-25(20(28)18(13)14)15-7-8-17(26)24-19(15)27/h2,4-5,15-16,23H,3,6-12,22H2,1H3,(H,24,26,27)/t15?,16-,21+/m1/s1. The van der Waals surface area contributed by atoms with Crippen molar-refractivity contribution in [3.8, 4) is 0 Å². The maximum atomic E-state index is 13.1. The van der Waals surface area contributed by atoms with E-state index in [0.717, 1.165) is 30.5 Å². The van der Waals surface area contributed by atoms with Crippen molar-refractivity contribution in [2.45, 2.75) is 64.2 Å². The lowest BCUT2D eigenvalue weighted by Gasteiger charge is -2.30. The Kier molecular flexibility index (Phi) is 4.97. The van der Waals surface area contributed by atoms with Gasteiger partial charge in [-0.25, -0.2) is 0 Å². The van der Waals surface area contributed by atoms with Crippen LogP contribution in [0, 0.1) is 5.41 Å². The summed E-state index contributed by atoms with van der Waals surface area (Å²) in [4.78, 5) is 38.3. The quantitative estimate of drug-likeness (QED) is 0.659. The van der Waals surface area contributed by atoms with Crippen LogP contribution in [0.3, 0.4) is 0 Å².